The predicted molar refractivity (Wildman–Crippen MR) is 125 cm³/mol. The molecule has 0 radical (unpaired) electrons. The van der Waals surface area contributed by atoms with Crippen molar-refractivity contribution in [2.75, 3.05) is 20.8 Å². The van der Waals surface area contributed by atoms with Crippen molar-refractivity contribution in [2.45, 2.75) is 6.92 Å². The van der Waals surface area contributed by atoms with Crippen LogP contribution in [0.15, 0.2) is 38.8 Å². The first-order valence-electron chi connectivity index (χ1n) is 9.79. The Labute approximate surface area is 192 Å². The number of nitrogens with zero attached hydrogens (tertiary/aromatic N) is 3. The van der Waals surface area contributed by atoms with E-state index in [1.54, 1.807) is 25.1 Å². The molecule has 2 heterocycles. The number of carbonyl (C=O) groups is 1. The highest BCUT2D eigenvalue weighted by atomic mass is 32.1. The summed E-state index contributed by atoms with van der Waals surface area (Å²) in [5.74, 6) is -0.0288. The van der Waals surface area contributed by atoms with Crippen LogP contribution in [0.25, 0.3) is 10.4 Å². The summed E-state index contributed by atoms with van der Waals surface area (Å²) >= 11 is 1.19. The van der Waals surface area contributed by atoms with Crippen LogP contribution in [0, 0.1) is 0 Å². The molecule has 0 fully saturated rings. The fraction of sp³-hybridized carbons (Fsp3) is 0.273. The molecule has 3 aromatic rings. The molecule has 0 aliphatic rings. The van der Waals surface area contributed by atoms with Crippen LogP contribution in [0.3, 0.4) is 0 Å². The molecule has 10 nitrogen and oxygen atoms in total. The second-order valence-corrected chi connectivity index (χ2v) is 7.85. The largest absolute Gasteiger partial charge is 0.494 e. The van der Waals surface area contributed by atoms with Gasteiger partial charge < -0.3 is 19.3 Å². The van der Waals surface area contributed by atoms with Crippen LogP contribution < -0.4 is 20.7 Å². The Morgan fingerprint density at radius 1 is 1.12 bits per heavy atom. The lowest BCUT2D eigenvalue weighted by Crippen LogP contribution is -2.38. The number of ether oxygens (including phenoxy) is 3. The Kier molecular flexibility index (Phi) is 7.02. The van der Waals surface area contributed by atoms with E-state index in [1.807, 2.05) is 6.07 Å². The summed E-state index contributed by atoms with van der Waals surface area (Å²) in [6.45, 7) is 1.86. The Hall–Kier alpha value is -3.86. The van der Waals surface area contributed by atoms with Gasteiger partial charge in [-0.25, -0.2) is 14.6 Å². The van der Waals surface area contributed by atoms with E-state index in [9.17, 15) is 19.5 Å². The number of aromatic nitrogens is 2. The van der Waals surface area contributed by atoms with E-state index < -0.39 is 23.1 Å². The smallest absolute Gasteiger partial charge is 0.341 e. The van der Waals surface area contributed by atoms with Crippen molar-refractivity contribution < 1.29 is 24.1 Å². The van der Waals surface area contributed by atoms with Gasteiger partial charge in [-0.2, -0.15) is 0 Å². The van der Waals surface area contributed by atoms with Gasteiger partial charge in [0.25, 0.3) is 5.56 Å². The molecule has 0 amide bonds. The van der Waals surface area contributed by atoms with Gasteiger partial charge in [0.15, 0.2) is 11.5 Å². The summed E-state index contributed by atoms with van der Waals surface area (Å²) in [7, 11) is 5.69. The van der Waals surface area contributed by atoms with E-state index in [0.717, 1.165) is 20.9 Å². The van der Waals surface area contributed by atoms with Crippen molar-refractivity contribution in [3.05, 3.63) is 56.2 Å². The molecule has 1 aromatic carbocycles. The minimum atomic E-state index is -0.714. The first kappa shape index (κ1) is 23.8. The van der Waals surface area contributed by atoms with Crippen LogP contribution in [0.5, 0.6) is 17.4 Å². The topological polar surface area (TPSA) is 121 Å². The lowest BCUT2D eigenvalue weighted by atomic mass is 10.1. The van der Waals surface area contributed by atoms with Gasteiger partial charge in [-0.3, -0.25) is 13.9 Å². The van der Waals surface area contributed by atoms with Crippen LogP contribution in [-0.4, -0.2) is 47.3 Å². The molecule has 11 heteroatoms. The number of aliphatic imine (C=N–C) groups is 1. The number of rotatable bonds is 7. The molecule has 3 rings (SSSR count). The predicted octanol–water partition coefficient (Wildman–Crippen LogP) is 2.46. The van der Waals surface area contributed by atoms with Gasteiger partial charge in [0.05, 0.1) is 26.4 Å². The molecule has 0 aliphatic heterocycles. The van der Waals surface area contributed by atoms with Crippen LogP contribution in [0.2, 0.25) is 0 Å². The number of methoxy groups -OCH3 is 2. The molecule has 0 unspecified atom stereocenters. The van der Waals surface area contributed by atoms with E-state index in [0.29, 0.717) is 16.4 Å². The summed E-state index contributed by atoms with van der Waals surface area (Å²) in [5, 5.41) is 10.5. The number of thiophene rings is 1. The molecule has 33 heavy (non-hydrogen) atoms. The fourth-order valence-corrected chi connectivity index (χ4v) is 4.05. The first-order chi connectivity index (χ1) is 15.7. The van der Waals surface area contributed by atoms with Crippen molar-refractivity contribution in [2.24, 2.45) is 19.1 Å². The molecule has 0 spiro atoms. The highest BCUT2D eigenvalue weighted by Gasteiger charge is 2.20. The number of aromatic hydroxyl groups is 1. The third-order valence-corrected chi connectivity index (χ3v) is 5.95. The van der Waals surface area contributed by atoms with E-state index in [2.05, 4.69) is 4.99 Å². The van der Waals surface area contributed by atoms with Crippen molar-refractivity contribution >= 4 is 28.5 Å². The summed E-state index contributed by atoms with van der Waals surface area (Å²) in [4.78, 5) is 41.9. The van der Waals surface area contributed by atoms with Gasteiger partial charge >= 0.3 is 11.7 Å². The molecular weight excluding hydrogens is 450 g/mol. The quantitative estimate of drug-likeness (QED) is 0.413. The maximum atomic E-state index is 12.5. The maximum Gasteiger partial charge on any atom is 0.341 e. The Bertz CT molecular complexity index is 1350. The molecule has 1 N–H and O–H groups in total. The molecule has 174 valence electrons. The highest BCUT2D eigenvalue weighted by Crippen LogP contribution is 2.40. The second-order valence-electron chi connectivity index (χ2n) is 6.82. The molecule has 0 bridgehead atoms. The molecule has 2 aromatic heterocycles. The maximum absolute atomic E-state index is 12.5. The molecule has 0 saturated heterocycles. The van der Waals surface area contributed by atoms with Gasteiger partial charge in [0.1, 0.15) is 10.6 Å². The summed E-state index contributed by atoms with van der Waals surface area (Å²) < 4.78 is 17.5. The number of benzene rings is 1. The summed E-state index contributed by atoms with van der Waals surface area (Å²) in [6, 6.07) is 6.95. The SMILES string of the molecule is CCOC(=O)c1cc(-c2ccc(OC)c(OC)c2)sc1/N=C/c1c(O)n(C)c(=O)n(C)c1=O. The number of esters is 1. The van der Waals surface area contributed by atoms with Gasteiger partial charge in [-0.1, -0.05) is 0 Å². The van der Waals surface area contributed by atoms with E-state index in [4.69, 9.17) is 14.2 Å². The van der Waals surface area contributed by atoms with E-state index in [1.165, 1.54) is 39.7 Å². The minimum Gasteiger partial charge on any atom is -0.494 e. The summed E-state index contributed by atoms with van der Waals surface area (Å²) in [5.41, 5.74) is -0.618. The summed E-state index contributed by atoms with van der Waals surface area (Å²) in [6.07, 6.45) is 1.13. The molecule has 0 saturated carbocycles. The fourth-order valence-electron chi connectivity index (χ4n) is 3.06. The van der Waals surface area contributed by atoms with Gasteiger partial charge in [-0.05, 0) is 36.8 Å². The Morgan fingerprint density at radius 2 is 1.82 bits per heavy atom. The van der Waals surface area contributed by atoms with Crippen molar-refractivity contribution in [1.82, 2.24) is 9.13 Å². The number of hydrogen-bond donors (Lipinski definition) is 1. The van der Waals surface area contributed by atoms with Crippen LogP contribution in [0.1, 0.15) is 22.8 Å². The van der Waals surface area contributed by atoms with Crippen LogP contribution >= 0.6 is 11.3 Å². The van der Waals surface area contributed by atoms with E-state index in [-0.39, 0.29) is 22.7 Å². The van der Waals surface area contributed by atoms with Crippen molar-refractivity contribution in [1.29, 1.82) is 0 Å². The lowest BCUT2D eigenvalue weighted by Gasteiger charge is -2.08. The molecule has 0 aliphatic carbocycles. The van der Waals surface area contributed by atoms with Crippen molar-refractivity contribution in [3.8, 4) is 27.8 Å². The lowest BCUT2D eigenvalue weighted by molar-refractivity contribution is 0.0528. The van der Waals surface area contributed by atoms with E-state index >= 15 is 0 Å². The molecule has 0 atom stereocenters. The monoisotopic (exact) mass is 473 g/mol. The van der Waals surface area contributed by atoms with Crippen molar-refractivity contribution in [3.63, 3.8) is 0 Å². The van der Waals surface area contributed by atoms with Crippen LogP contribution in [0.4, 0.5) is 5.00 Å². The van der Waals surface area contributed by atoms with Gasteiger partial charge in [0.2, 0.25) is 5.88 Å². The third-order valence-electron chi connectivity index (χ3n) is 4.85. The average molecular weight is 474 g/mol. The zero-order valence-electron chi connectivity index (χ0n) is 18.7. The van der Waals surface area contributed by atoms with Gasteiger partial charge in [-0.15, -0.1) is 11.3 Å². The molecular formula is C22H23N3O7S. The average Bonchev–Trinajstić information content (AvgIpc) is 3.25. The van der Waals surface area contributed by atoms with Crippen LogP contribution in [-0.2, 0) is 18.8 Å². The minimum absolute atomic E-state index is 0.172. The third kappa shape index (κ3) is 4.53. The highest BCUT2D eigenvalue weighted by molar-refractivity contribution is 7.19. The number of hydrogen-bond acceptors (Lipinski definition) is 9. The second kappa shape index (κ2) is 9.74. The Morgan fingerprint density at radius 3 is 2.45 bits per heavy atom. The normalized spacial score (nSPS) is 11.1. The Balaban J connectivity index is 2.13. The zero-order chi connectivity index (χ0) is 24.3. The zero-order valence-corrected chi connectivity index (χ0v) is 19.6. The first-order valence-corrected chi connectivity index (χ1v) is 10.6. The van der Waals surface area contributed by atoms with Gasteiger partial charge in [0, 0.05) is 25.2 Å². The number of carbonyl (C=O) groups excluding carboxylic acids is 1. The standard InChI is InChI=1S/C22H23N3O7S/c1-6-32-21(28)13-10-17(12-7-8-15(30-4)16(9-12)31-5)33-18(13)23-11-14-19(26)24(2)22(29)25(3)20(14)27/h7-11,26H,6H2,1-5H3/b23-11+.